The van der Waals surface area contributed by atoms with Crippen molar-refractivity contribution in [2.45, 2.75) is 18.7 Å². The summed E-state index contributed by atoms with van der Waals surface area (Å²) in [6.07, 6.45) is 0. The van der Waals surface area contributed by atoms with Gasteiger partial charge >= 0.3 is 5.97 Å². The van der Waals surface area contributed by atoms with Crippen LogP contribution < -0.4 is 0 Å². The molecule has 2 unspecified atom stereocenters. The normalized spacial score (nSPS) is 14.1. The second-order valence-corrected chi connectivity index (χ2v) is 6.03. The van der Waals surface area contributed by atoms with Crippen molar-refractivity contribution in [2.75, 3.05) is 12.4 Å². The minimum atomic E-state index is -1.17. The lowest BCUT2D eigenvalue weighted by molar-refractivity contribution is -0.146. The molecule has 0 amide bonds. The second-order valence-electron chi connectivity index (χ2n) is 3.62. The number of carbonyl (C=O) groups excluding carboxylic acids is 1. The zero-order valence-corrected chi connectivity index (χ0v) is 12.2. The zero-order valence-electron chi connectivity index (χ0n) is 9.81. The summed E-state index contributed by atoms with van der Waals surface area (Å²) in [5.41, 5.74) is 0. The SMILES string of the molecule is CCOC(=O)C(C)CS(=O)c1ccc(Br)cc1. The highest BCUT2D eigenvalue weighted by Crippen LogP contribution is 2.15. The Morgan fingerprint density at radius 3 is 2.53 bits per heavy atom. The molecule has 1 rings (SSSR count). The van der Waals surface area contributed by atoms with Gasteiger partial charge in [-0.3, -0.25) is 9.00 Å². The first kappa shape index (κ1) is 14.4. The van der Waals surface area contributed by atoms with E-state index in [0.29, 0.717) is 12.4 Å². The molecule has 0 aliphatic heterocycles. The van der Waals surface area contributed by atoms with Gasteiger partial charge in [0.05, 0.1) is 23.3 Å². The smallest absolute Gasteiger partial charge is 0.309 e. The molecule has 3 nitrogen and oxygen atoms in total. The Morgan fingerprint density at radius 1 is 1.41 bits per heavy atom. The van der Waals surface area contributed by atoms with Gasteiger partial charge in [0.15, 0.2) is 0 Å². The van der Waals surface area contributed by atoms with Gasteiger partial charge in [-0.2, -0.15) is 0 Å². The molecule has 0 fully saturated rings. The van der Waals surface area contributed by atoms with Gasteiger partial charge in [-0.25, -0.2) is 0 Å². The Kier molecular flexibility index (Phi) is 5.85. The molecule has 0 aliphatic carbocycles. The molecule has 0 radical (unpaired) electrons. The van der Waals surface area contributed by atoms with E-state index in [-0.39, 0.29) is 11.9 Å². The Hall–Kier alpha value is -0.680. The first-order chi connectivity index (χ1) is 8.04. The minimum Gasteiger partial charge on any atom is -0.466 e. The van der Waals surface area contributed by atoms with Crippen LogP contribution in [0.1, 0.15) is 13.8 Å². The molecule has 2 atom stereocenters. The molecule has 0 heterocycles. The van der Waals surface area contributed by atoms with E-state index < -0.39 is 10.8 Å². The van der Waals surface area contributed by atoms with Gasteiger partial charge in [-0.05, 0) is 31.2 Å². The standard InChI is InChI=1S/C12H15BrO3S/c1-3-16-12(14)9(2)8-17(15)11-6-4-10(13)5-7-11/h4-7,9H,3,8H2,1-2H3. The molecule has 1 aromatic carbocycles. The molecule has 0 spiro atoms. The molecule has 0 saturated heterocycles. The van der Waals surface area contributed by atoms with Gasteiger partial charge in [0.25, 0.3) is 0 Å². The molecule has 0 aliphatic rings. The van der Waals surface area contributed by atoms with E-state index in [1.165, 1.54) is 0 Å². The molecule has 17 heavy (non-hydrogen) atoms. The third-order valence-electron chi connectivity index (χ3n) is 2.17. The molecule has 1 aromatic rings. The second kappa shape index (κ2) is 6.91. The summed E-state index contributed by atoms with van der Waals surface area (Å²) < 4.78 is 17.8. The number of hydrogen-bond acceptors (Lipinski definition) is 3. The van der Waals surface area contributed by atoms with Gasteiger partial charge in [-0.1, -0.05) is 22.9 Å². The van der Waals surface area contributed by atoms with Crippen molar-refractivity contribution >= 4 is 32.7 Å². The van der Waals surface area contributed by atoms with E-state index in [9.17, 15) is 9.00 Å². The molecule has 94 valence electrons. The van der Waals surface area contributed by atoms with E-state index in [4.69, 9.17) is 4.74 Å². The highest BCUT2D eigenvalue weighted by Gasteiger charge is 2.17. The van der Waals surface area contributed by atoms with Crippen molar-refractivity contribution in [2.24, 2.45) is 5.92 Å². The molecule has 0 aromatic heterocycles. The third-order valence-corrected chi connectivity index (χ3v) is 4.30. The third kappa shape index (κ3) is 4.60. The van der Waals surface area contributed by atoms with Crippen LogP contribution in [0.5, 0.6) is 0 Å². The van der Waals surface area contributed by atoms with E-state index in [0.717, 1.165) is 9.37 Å². The molecule has 0 bridgehead atoms. The highest BCUT2D eigenvalue weighted by atomic mass is 79.9. The van der Waals surface area contributed by atoms with Gasteiger partial charge in [-0.15, -0.1) is 0 Å². The topological polar surface area (TPSA) is 43.4 Å². The fraction of sp³-hybridized carbons (Fsp3) is 0.417. The number of ether oxygens (including phenoxy) is 1. The quantitative estimate of drug-likeness (QED) is 0.784. The van der Waals surface area contributed by atoms with Crippen LogP contribution in [0.2, 0.25) is 0 Å². The molecule has 0 N–H and O–H groups in total. The first-order valence-electron chi connectivity index (χ1n) is 5.35. The number of esters is 1. The van der Waals surface area contributed by atoms with Crippen LogP contribution in [-0.2, 0) is 20.3 Å². The minimum absolute atomic E-state index is 0.292. The van der Waals surface area contributed by atoms with Gasteiger partial charge < -0.3 is 4.74 Å². The number of rotatable bonds is 5. The largest absolute Gasteiger partial charge is 0.466 e. The fourth-order valence-corrected chi connectivity index (χ4v) is 2.75. The predicted octanol–water partition coefficient (Wildman–Crippen LogP) is 2.76. The monoisotopic (exact) mass is 318 g/mol. The summed E-state index contributed by atoms with van der Waals surface area (Å²) in [6.45, 7) is 3.85. The van der Waals surface area contributed by atoms with E-state index in [1.54, 1.807) is 26.0 Å². The van der Waals surface area contributed by atoms with Crippen LogP contribution >= 0.6 is 15.9 Å². The maximum atomic E-state index is 12.0. The van der Waals surface area contributed by atoms with Crippen molar-refractivity contribution < 1.29 is 13.7 Å². The van der Waals surface area contributed by atoms with Crippen LogP contribution in [0.15, 0.2) is 33.6 Å². The predicted molar refractivity (Wildman–Crippen MR) is 71.2 cm³/mol. The van der Waals surface area contributed by atoms with Crippen LogP contribution in [-0.4, -0.2) is 22.5 Å². The number of hydrogen-bond donors (Lipinski definition) is 0. The fourth-order valence-electron chi connectivity index (χ4n) is 1.26. The lowest BCUT2D eigenvalue weighted by Gasteiger charge is -2.10. The molecular weight excluding hydrogens is 304 g/mol. The number of carbonyl (C=O) groups is 1. The van der Waals surface area contributed by atoms with Crippen LogP contribution in [0.25, 0.3) is 0 Å². The summed E-state index contributed by atoms with van der Waals surface area (Å²) in [7, 11) is -1.17. The Labute approximate surface area is 112 Å². The van der Waals surface area contributed by atoms with Gasteiger partial charge in [0.1, 0.15) is 0 Å². The number of benzene rings is 1. The zero-order chi connectivity index (χ0) is 12.8. The summed E-state index contributed by atoms with van der Waals surface area (Å²) in [5, 5.41) is 0. The van der Waals surface area contributed by atoms with Crippen molar-refractivity contribution in [1.82, 2.24) is 0 Å². The molecule has 0 saturated carbocycles. The Morgan fingerprint density at radius 2 is 2.00 bits per heavy atom. The van der Waals surface area contributed by atoms with E-state index >= 15 is 0 Å². The summed E-state index contributed by atoms with van der Waals surface area (Å²) in [6, 6.07) is 7.25. The summed E-state index contributed by atoms with van der Waals surface area (Å²) in [4.78, 5) is 12.1. The van der Waals surface area contributed by atoms with Gasteiger partial charge in [0, 0.05) is 15.1 Å². The first-order valence-corrected chi connectivity index (χ1v) is 7.46. The van der Waals surface area contributed by atoms with Crippen LogP contribution in [0, 0.1) is 5.92 Å². The summed E-state index contributed by atoms with van der Waals surface area (Å²) >= 11 is 3.32. The van der Waals surface area contributed by atoms with E-state index in [1.807, 2.05) is 12.1 Å². The molecular formula is C12H15BrO3S. The lowest BCUT2D eigenvalue weighted by Crippen LogP contribution is -2.20. The maximum absolute atomic E-state index is 12.0. The summed E-state index contributed by atoms with van der Waals surface area (Å²) in [5.74, 6) is -0.349. The average molecular weight is 319 g/mol. The average Bonchev–Trinajstić information content (AvgIpc) is 2.30. The van der Waals surface area contributed by atoms with E-state index in [2.05, 4.69) is 15.9 Å². The lowest BCUT2D eigenvalue weighted by atomic mass is 10.2. The molecule has 5 heteroatoms. The van der Waals surface area contributed by atoms with Crippen molar-refractivity contribution in [1.29, 1.82) is 0 Å². The Bertz CT molecular complexity index is 403. The maximum Gasteiger partial charge on any atom is 0.309 e. The highest BCUT2D eigenvalue weighted by molar-refractivity contribution is 9.10. The van der Waals surface area contributed by atoms with Gasteiger partial charge in [0.2, 0.25) is 0 Å². The van der Waals surface area contributed by atoms with Crippen molar-refractivity contribution in [3.8, 4) is 0 Å². The van der Waals surface area contributed by atoms with Crippen molar-refractivity contribution in [3.05, 3.63) is 28.7 Å². The number of halogens is 1. The van der Waals surface area contributed by atoms with Crippen LogP contribution in [0.3, 0.4) is 0 Å². The van der Waals surface area contributed by atoms with Crippen molar-refractivity contribution in [3.63, 3.8) is 0 Å². The Balaban J connectivity index is 2.60. The van der Waals surface area contributed by atoms with Crippen LogP contribution in [0.4, 0.5) is 0 Å².